The van der Waals surface area contributed by atoms with Crippen LogP contribution in [0.25, 0.3) is 16.8 Å². The van der Waals surface area contributed by atoms with Crippen LogP contribution in [0.5, 0.6) is 0 Å². The molecule has 0 aliphatic carbocycles. The third kappa shape index (κ3) is 3.16. The molecule has 122 valence electrons. The van der Waals surface area contributed by atoms with Gasteiger partial charge in [0.05, 0.1) is 5.69 Å². The van der Waals surface area contributed by atoms with Gasteiger partial charge in [-0.3, -0.25) is 9.78 Å². The predicted octanol–water partition coefficient (Wildman–Crippen LogP) is 2.69. The van der Waals surface area contributed by atoms with Crippen molar-refractivity contribution in [3.05, 3.63) is 69.3 Å². The number of amides is 1. The Hall–Kier alpha value is -2.67. The van der Waals surface area contributed by atoms with Crippen molar-refractivity contribution < 1.29 is 4.79 Å². The summed E-state index contributed by atoms with van der Waals surface area (Å²) in [6, 6.07) is 15.4. The largest absolute Gasteiger partial charge is 0.348 e. The topological polar surface area (TPSA) is 71.0 Å². The van der Waals surface area contributed by atoms with E-state index in [0.717, 1.165) is 15.6 Å². The zero-order valence-corrected chi connectivity index (χ0v) is 14.7. The van der Waals surface area contributed by atoms with Gasteiger partial charge in [-0.1, -0.05) is 40.2 Å². The Balaban J connectivity index is 1.93. The summed E-state index contributed by atoms with van der Waals surface area (Å²) >= 11 is 3.41. The molecule has 24 heavy (non-hydrogen) atoms. The predicted molar refractivity (Wildman–Crippen MR) is 95.3 cm³/mol. The molecule has 2 aromatic carbocycles. The lowest BCUT2D eigenvalue weighted by Crippen LogP contribution is -2.23. The minimum atomic E-state index is -0.448. The first-order valence-electron chi connectivity index (χ1n) is 7.23. The van der Waals surface area contributed by atoms with Gasteiger partial charge in [0.1, 0.15) is 0 Å². The summed E-state index contributed by atoms with van der Waals surface area (Å²) in [6.45, 7) is 0. The molecule has 0 saturated heterocycles. The maximum Gasteiger partial charge on any atom is 0.348 e. The minimum Gasteiger partial charge on any atom is -0.342 e. The molecule has 7 heteroatoms. The number of benzene rings is 2. The van der Waals surface area contributed by atoms with Crippen LogP contribution >= 0.6 is 15.9 Å². The molecule has 0 spiro atoms. The lowest BCUT2D eigenvalue weighted by atomic mass is 10.1. The molecule has 0 saturated carbocycles. The molecule has 0 bridgehead atoms. The Morgan fingerprint density at radius 2 is 1.58 bits per heavy atom. The van der Waals surface area contributed by atoms with Crippen molar-refractivity contribution in [1.82, 2.24) is 19.7 Å². The number of hydrogen-bond donors (Lipinski definition) is 1. The fraction of sp³-hybridized carbons (Fsp3) is 0.118. The molecule has 0 atom stereocenters. The number of nitrogens with zero attached hydrogens (tertiary/aromatic N) is 3. The second kappa shape index (κ2) is 6.45. The van der Waals surface area contributed by atoms with Crippen molar-refractivity contribution in [3.63, 3.8) is 0 Å². The molecule has 1 aromatic heterocycles. The van der Waals surface area contributed by atoms with Gasteiger partial charge in [-0.25, -0.2) is 4.79 Å². The van der Waals surface area contributed by atoms with E-state index in [2.05, 4.69) is 26.0 Å². The number of rotatable bonds is 3. The number of carbonyl (C=O) groups excluding carboxylic acids is 1. The van der Waals surface area contributed by atoms with Gasteiger partial charge in [-0.15, -0.1) is 5.10 Å². The summed E-state index contributed by atoms with van der Waals surface area (Å²) < 4.78 is 2.20. The van der Waals surface area contributed by atoms with Crippen molar-refractivity contribution in [2.24, 2.45) is 0 Å². The first-order chi connectivity index (χ1) is 11.5. The van der Waals surface area contributed by atoms with Crippen LogP contribution in [0, 0.1) is 0 Å². The number of nitrogens with one attached hydrogen (secondary N) is 1. The van der Waals surface area contributed by atoms with E-state index in [9.17, 15) is 9.59 Å². The molecule has 1 heterocycles. The van der Waals surface area contributed by atoms with E-state index >= 15 is 0 Å². The van der Waals surface area contributed by atoms with Gasteiger partial charge in [0.15, 0.2) is 0 Å². The van der Waals surface area contributed by atoms with Gasteiger partial charge in [0, 0.05) is 18.6 Å². The minimum absolute atomic E-state index is 0.0157. The lowest BCUT2D eigenvalue weighted by molar-refractivity contribution is 0.0816. The van der Waals surface area contributed by atoms with Crippen molar-refractivity contribution in [2.75, 3.05) is 14.1 Å². The Morgan fingerprint density at radius 3 is 2.12 bits per heavy atom. The number of aromatic amines is 1. The van der Waals surface area contributed by atoms with E-state index in [1.807, 2.05) is 36.4 Å². The molecule has 1 amide bonds. The summed E-state index contributed by atoms with van der Waals surface area (Å²) in [6.07, 6.45) is 0. The zero-order valence-electron chi connectivity index (χ0n) is 13.2. The molecule has 0 unspecified atom stereocenters. The van der Waals surface area contributed by atoms with E-state index in [0.29, 0.717) is 5.69 Å². The molecule has 0 radical (unpaired) electrons. The van der Waals surface area contributed by atoms with Crippen LogP contribution in [-0.2, 0) is 0 Å². The maximum atomic E-state index is 12.0. The highest BCUT2D eigenvalue weighted by Crippen LogP contribution is 2.22. The lowest BCUT2D eigenvalue weighted by Gasteiger charge is -2.06. The van der Waals surface area contributed by atoms with Crippen molar-refractivity contribution in [3.8, 4) is 16.8 Å². The van der Waals surface area contributed by atoms with E-state index in [-0.39, 0.29) is 11.7 Å². The van der Waals surface area contributed by atoms with Gasteiger partial charge in [0.2, 0.25) is 5.82 Å². The molecule has 1 N–H and O–H groups in total. The van der Waals surface area contributed by atoms with Crippen LogP contribution < -0.4 is 5.69 Å². The second-order valence-corrected chi connectivity index (χ2v) is 6.36. The molecule has 6 nitrogen and oxygen atoms in total. The van der Waals surface area contributed by atoms with Crippen LogP contribution in [-0.4, -0.2) is 39.7 Å². The van der Waals surface area contributed by atoms with Crippen molar-refractivity contribution >= 4 is 21.8 Å². The summed E-state index contributed by atoms with van der Waals surface area (Å²) in [4.78, 5) is 27.7. The van der Waals surface area contributed by atoms with Crippen LogP contribution in [0.3, 0.4) is 0 Å². The average Bonchev–Trinajstić information content (AvgIpc) is 2.96. The fourth-order valence-electron chi connectivity index (χ4n) is 2.25. The molecule has 3 rings (SSSR count). The number of halogens is 1. The third-order valence-electron chi connectivity index (χ3n) is 3.52. The number of hydrogen-bond acceptors (Lipinski definition) is 3. The van der Waals surface area contributed by atoms with Gasteiger partial charge in [0.25, 0.3) is 5.91 Å². The average molecular weight is 387 g/mol. The van der Waals surface area contributed by atoms with Crippen molar-refractivity contribution in [1.29, 1.82) is 0 Å². The van der Waals surface area contributed by atoms with Gasteiger partial charge < -0.3 is 4.90 Å². The smallest absolute Gasteiger partial charge is 0.342 e. The Kier molecular flexibility index (Phi) is 4.35. The van der Waals surface area contributed by atoms with Crippen molar-refractivity contribution in [2.45, 2.75) is 0 Å². The van der Waals surface area contributed by atoms with Crippen LogP contribution in [0.1, 0.15) is 10.6 Å². The Bertz CT molecular complexity index is 924. The fourth-order valence-corrected chi connectivity index (χ4v) is 2.51. The molecular weight excluding hydrogens is 372 g/mol. The molecule has 0 aliphatic rings. The molecular formula is C17H15BrN4O2. The number of H-pyrrole nitrogens is 1. The van der Waals surface area contributed by atoms with Crippen LogP contribution in [0.2, 0.25) is 0 Å². The summed E-state index contributed by atoms with van der Waals surface area (Å²) in [5, 5.41) is 4.07. The first-order valence-corrected chi connectivity index (χ1v) is 8.02. The van der Waals surface area contributed by atoms with Gasteiger partial charge >= 0.3 is 5.69 Å². The van der Waals surface area contributed by atoms with E-state index < -0.39 is 5.69 Å². The summed E-state index contributed by atoms with van der Waals surface area (Å²) in [5.74, 6) is -0.334. The Labute approximate surface area is 146 Å². The Morgan fingerprint density at radius 1 is 1.04 bits per heavy atom. The first kappa shape index (κ1) is 16.2. The highest BCUT2D eigenvalue weighted by atomic mass is 79.9. The van der Waals surface area contributed by atoms with Crippen LogP contribution in [0.4, 0.5) is 0 Å². The van der Waals surface area contributed by atoms with E-state index in [1.165, 1.54) is 9.58 Å². The SMILES string of the molecule is CN(C)C(=O)c1nn(-c2ccc(-c3ccc(Br)cc3)cc2)c(=O)[nH]1. The monoisotopic (exact) mass is 386 g/mol. The van der Waals surface area contributed by atoms with E-state index in [1.54, 1.807) is 26.2 Å². The zero-order chi connectivity index (χ0) is 17.3. The number of carbonyl (C=O) groups is 1. The molecule has 3 aromatic rings. The second-order valence-electron chi connectivity index (χ2n) is 5.44. The normalized spacial score (nSPS) is 10.6. The maximum absolute atomic E-state index is 12.0. The van der Waals surface area contributed by atoms with Gasteiger partial charge in [-0.2, -0.15) is 4.68 Å². The van der Waals surface area contributed by atoms with Gasteiger partial charge in [-0.05, 0) is 35.4 Å². The van der Waals surface area contributed by atoms with Crippen LogP contribution in [0.15, 0.2) is 57.8 Å². The third-order valence-corrected chi connectivity index (χ3v) is 4.04. The highest BCUT2D eigenvalue weighted by molar-refractivity contribution is 9.10. The highest BCUT2D eigenvalue weighted by Gasteiger charge is 2.15. The van der Waals surface area contributed by atoms with E-state index in [4.69, 9.17) is 0 Å². The standard InChI is InChI=1S/C17H15BrN4O2/c1-21(2)16(23)15-19-17(24)22(20-15)14-9-5-12(6-10-14)11-3-7-13(18)8-4-11/h3-10H,1-2H3,(H,19,20,24). The molecule has 0 fully saturated rings. The summed E-state index contributed by atoms with van der Waals surface area (Å²) in [7, 11) is 3.21. The number of aromatic nitrogens is 3. The quantitative estimate of drug-likeness (QED) is 0.751. The molecule has 0 aliphatic heterocycles. The summed E-state index contributed by atoms with van der Waals surface area (Å²) in [5.41, 5.74) is 2.24.